The zero-order valence-electron chi connectivity index (χ0n) is 18.7. The predicted octanol–water partition coefficient (Wildman–Crippen LogP) is 5.27. The molecule has 0 spiro atoms. The molecule has 1 N–H and O–H groups in total. The molecular weight excluding hydrogens is 416 g/mol. The fourth-order valence-corrected chi connectivity index (χ4v) is 3.63. The lowest BCUT2D eigenvalue weighted by atomic mass is 10.0. The van der Waals surface area contributed by atoms with Crippen LogP contribution in [0.25, 0.3) is 5.57 Å². The molecule has 0 saturated carbocycles. The van der Waals surface area contributed by atoms with Gasteiger partial charge in [-0.2, -0.15) is 0 Å². The Bertz CT molecular complexity index is 1170. The first kappa shape index (κ1) is 22.1. The normalized spacial score (nSPS) is 13.5. The summed E-state index contributed by atoms with van der Waals surface area (Å²) in [5, 5.41) is 3.17. The van der Waals surface area contributed by atoms with Gasteiger partial charge in [0, 0.05) is 11.8 Å². The molecule has 6 nitrogen and oxygen atoms in total. The molecule has 4 rings (SSSR count). The maximum atomic E-state index is 13.5. The van der Waals surface area contributed by atoms with E-state index < -0.39 is 5.91 Å². The molecule has 1 aliphatic heterocycles. The molecule has 3 aromatic rings. The van der Waals surface area contributed by atoms with Gasteiger partial charge in [-0.1, -0.05) is 43.3 Å². The second-order valence-corrected chi connectivity index (χ2v) is 7.49. The third kappa shape index (κ3) is 4.75. The van der Waals surface area contributed by atoms with Crippen LogP contribution < -0.4 is 19.7 Å². The van der Waals surface area contributed by atoms with E-state index in [1.807, 2.05) is 74.5 Å². The molecule has 0 fully saturated rings. The van der Waals surface area contributed by atoms with Crippen molar-refractivity contribution in [2.24, 2.45) is 0 Å². The van der Waals surface area contributed by atoms with Gasteiger partial charge in [-0.05, 0) is 55.3 Å². The van der Waals surface area contributed by atoms with E-state index >= 15 is 0 Å². The SMILES string of the molecule is CCCOc1cccc(N2C(=O)C(Nc3ccc(OCC)cc3)=C(c3ccccc3)C2=O)c1. The van der Waals surface area contributed by atoms with Gasteiger partial charge in [-0.3, -0.25) is 9.59 Å². The lowest BCUT2D eigenvalue weighted by Gasteiger charge is -2.16. The predicted molar refractivity (Wildman–Crippen MR) is 129 cm³/mol. The molecular formula is C27H26N2O4. The topological polar surface area (TPSA) is 67.9 Å². The highest BCUT2D eigenvalue weighted by Crippen LogP contribution is 2.35. The third-order valence-corrected chi connectivity index (χ3v) is 5.13. The molecule has 168 valence electrons. The van der Waals surface area contributed by atoms with E-state index in [1.54, 1.807) is 18.2 Å². The number of amides is 2. The summed E-state index contributed by atoms with van der Waals surface area (Å²) in [6.45, 7) is 5.07. The van der Waals surface area contributed by atoms with Gasteiger partial charge in [0.1, 0.15) is 17.2 Å². The number of carbonyl (C=O) groups excluding carboxylic acids is 2. The monoisotopic (exact) mass is 442 g/mol. The van der Waals surface area contributed by atoms with Crippen LogP contribution in [0, 0.1) is 0 Å². The second-order valence-electron chi connectivity index (χ2n) is 7.49. The molecule has 1 aliphatic rings. The van der Waals surface area contributed by atoms with Crippen molar-refractivity contribution in [2.75, 3.05) is 23.4 Å². The van der Waals surface area contributed by atoms with E-state index in [0.717, 1.165) is 12.2 Å². The molecule has 0 unspecified atom stereocenters. The molecule has 0 saturated heterocycles. The van der Waals surface area contributed by atoms with Crippen LogP contribution in [0.5, 0.6) is 11.5 Å². The average molecular weight is 443 g/mol. The summed E-state index contributed by atoms with van der Waals surface area (Å²) in [6, 6.07) is 23.5. The summed E-state index contributed by atoms with van der Waals surface area (Å²) < 4.78 is 11.2. The Kier molecular flexibility index (Phi) is 6.74. The van der Waals surface area contributed by atoms with Crippen LogP contribution in [0.15, 0.2) is 84.6 Å². The van der Waals surface area contributed by atoms with Gasteiger partial charge < -0.3 is 14.8 Å². The molecule has 0 radical (unpaired) electrons. The van der Waals surface area contributed by atoms with Crippen molar-refractivity contribution in [1.29, 1.82) is 0 Å². The van der Waals surface area contributed by atoms with E-state index in [9.17, 15) is 9.59 Å². The van der Waals surface area contributed by atoms with Crippen LogP contribution in [0.4, 0.5) is 11.4 Å². The lowest BCUT2D eigenvalue weighted by Crippen LogP contribution is -2.32. The highest BCUT2D eigenvalue weighted by molar-refractivity contribution is 6.46. The number of anilines is 2. The molecule has 0 atom stereocenters. The van der Waals surface area contributed by atoms with Gasteiger partial charge in [0.2, 0.25) is 0 Å². The first-order chi connectivity index (χ1) is 16.1. The minimum Gasteiger partial charge on any atom is -0.494 e. The molecule has 1 heterocycles. The van der Waals surface area contributed by atoms with Crippen LogP contribution in [0.2, 0.25) is 0 Å². The standard InChI is InChI=1S/C27H26N2O4/c1-3-17-33-23-12-8-11-21(18-23)29-26(30)24(19-9-6-5-7-10-19)25(27(29)31)28-20-13-15-22(16-14-20)32-4-2/h5-16,18,28H,3-4,17H2,1-2H3. The number of imide groups is 1. The summed E-state index contributed by atoms with van der Waals surface area (Å²) in [4.78, 5) is 28.2. The van der Waals surface area contributed by atoms with Gasteiger partial charge in [0.15, 0.2) is 0 Å². The van der Waals surface area contributed by atoms with E-state index in [0.29, 0.717) is 41.5 Å². The zero-order chi connectivity index (χ0) is 23.2. The highest BCUT2D eigenvalue weighted by Gasteiger charge is 2.40. The second kappa shape index (κ2) is 10.0. The van der Waals surface area contributed by atoms with Crippen LogP contribution >= 0.6 is 0 Å². The van der Waals surface area contributed by atoms with Gasteiger partial charge in [0.25, 0.3) is 11.8 Å². The third-order valence-electron chi connectivity index (χ3n) is 5.13. The largest absolute Gasteiger partial charge is 0.494 e. The maximum absolute atomic E-state index is 13.5. The Balaban J connectivity index is 1.71. The highest BCUT2D eigenvalue weighted by atomic mass is 16.5. The van der Waals surface area contributed by atoms with Gasteiger partial charge >= 0.3 is 0 Å². The fourth-order valence-electron chi connectivity index (χ4n) is 3.63. The number of hydrogen-bond donors (Lipinski definition) is 1. The summed E-state index contributed by atoms with van der Waals surface area (Å²) in [7, 11) is 0. The molecule has 0 aromatic heterocycles. The van der Waals surface area contributed by atoms with Gasteiger partial charge in [0.05, 0.1) is 24.5 Å². The number of hydrogen-bond acceptors (Lipinski definition) is 5. The van der Waals surface area contributed by atoms with Crippen LogP contribution in [-0.2, 0) is 9.59 Å². The molecule has 6 heteroatoms. The smallest absolute Gasteiger partial charge is 0.282 e. The van der Waals surface area contributed by atoms with E-state index in [-0.39, 0.29) is 11.6 Å². The Morgan fingerprint density at radius 1 is 0.788 bits per heavy atom. The van der Waals surface area contributed by atoms with Crippen molar-refractivity contribution in [3.63, 3.8) is 0 Å². The molecule has 2 amide bonds. The summed E-state index contributed by atoms with van der Waals surface area (Å²) in [5.74, 6) is 0.552. The lowest BCUT2D eigenvalue weighted by molar-refractivity contribution is -0.120. The van der Waals surface area contributed by atoms with Crippen LogP contribution in [0.3, 0.4) is 0 Å². The minimum atomic E-state index is -0.416. The number of ether oxygens (including phenoxy) is 2. The van der Waals surface area contributed by atoms with Crippen molar-refractivity contribution < 1.29 is 19.1 Å². The van der Waals surface area contributed by atoms with Crippen molar-refractivity contribution in [3.05, 3.63) is 90.1 Å². The zero-order valence-corrected chi connectivity index (χ0v) is 18.7. The Morgan fingerprint density at radius 2 is 1.55 bits per heavy atom. The van der Waals surface area contributed by atoms with Crippen LogP contribution in [0.1, 0.15) is 25.8 Å². The summed E-state index contributed by atoms with van der Waals surface area (Å²) >= 11 is 0. The number of benzene rings is 3. The minimum absolute atomic E-state index is 0.232. The van der Waals surface area contributed by atoms with Crippen molar-refractivity contribution in [1.82, 2.24) is 0 Å². The Hall–Kier alpha value is -4.06. The Labute approximate surface area is 193 Å². The van der Waals surface area contributed by atoms with Crippen molar-refractivity contribution in [2.45, 2.75) is 20.3 Å². The molecule has 3 aromatic carbocycles. The Morgan fingerprint density at radius 3 is 2.24 bits per heavy atom. The first-order valence-corrected chi connectivity index (χ1v) is 11.0. The number of carbonyl (C=O) groups is 2. The maximum Gasteiger partial charge on any atom is 0.282 e. The molecule has 33 heavy (non-hydrogen) atoms. The first-order valence-electron chi connectivity index (χ1n) is 11.0. The number of rotatable bonds is 9. The van der Waals surface area contributed by atoms with Crippen molar-refractivity contribution in [3.8, 4) is 11.5 Å². The van der Waals surface area contributed by atoms with Crippen LogP contribution in [-0.4, -0.2) is 25.0 Å². The summed E-state index contributed by atoms with van der Waals surface area (Å²) in [6.07, 6.45) is 0.863. The fraction of sp³-hybridized carbons (Fsp3) is 0.185. The van der Waals surface area contributed by atoms with E-state index in [4.69, 9.17) is 9.47 Å². The van der Waals surface area contributed by atoms with E-state index in [1.165, 1.54) is 4.90 Å². The van der Waals surface area contributed by atoms with E-state index in [2.05, 4.69) is 5.32 Å². The quantitative estimate of drug-likeness (QED) is 0.457. The number of nitrogens with zero attached hydrogens (tertiary/aromatic N) is 1. The van der Waals surface area contributed by atoms with Crippen molar-refractivity contribution >= 4 is 28.8 Å². The average Bonchev–Trinajstić information content (AvgIpc) is 3.09. The molecule has 0 bridgehead atoms. The summed E-state index contributed by atoms with van der Waals surface area (Å²) in [5.41, 5.74) is 2.38. The van der Waals surface area contributed by atoms with Gasteiger partial charge in [-0.25, -0.2) is 4.90 Å². The molecule has 0 aliphatic carbocycles. The number of nitrogens with one attached hydrogen (secondary N) is 1. The van der Waals surface area contributed by atoms with Gasteiger partial charge in [-0.15, -0.1) is 0 Å².